The van der Waals surface area contributed by atoms with E-state index in [-0.39, 0.29) is 42.2 Å². The molecule has 3 saturated heterocycles. The Labute approximate surface area is 205 Å². The van der Waals surface area contributed by atoms with Gasteiger partial charge in [-0.15, -0.1) is 0 Å². The van der Waals surface area contributed by atoms with Gasteiger partial charge in [0.05, 0.1) is 17.8 Å². The summed E-state index contributed by atoms with van der Waals surface area (Å²) in [4.78, 5) is 40.7. The average molecular weight is 506 g/mol. The zero-order valence-corrected chi connectivity index (χ0v) is 19.4. The van der Waals surface area contributed by atoms with Crippen molar-refractivity contribution in [3.05, 3.63) is 41.3 Å². The number of pyridine rings is 1. The summed E-state index contributed by atoms with van der Waals surface area (Å²) in [5.74, 6) is -0.148. The Bertz CT molecular complexity index is 1130. The third-order valence-electron chi connectivity index (χ3n) is 6.79. The molecule has 2 amide bonds. The molecule has 10 nitrogen and oxygen atoms in total. The molecule has 0 saturated carbocycles. The van der Waals surface area contributed by atoms with Crippen molar-refractivity contribution in [1.29, 1.82) is 0 Å². The zero-order chi connectivity index (χ0) is 25.4. The Morgan fingerprint density at radius 2 is 1.94 bits per heavy atom. The third-order valence-corrected chi connectivity index (χ3v) is 6.79. The largest absolute Gasteiger partial charge is 0.474 e. The van der Waals surface area contributed by atoms with Gasteiger partial charge < -0.3 is 20.7 Å². The number of ether oxygens (including phenoxy) is 1. The van der Waals surface area contributed by atoms with E-state index in [0.29, 0.717) is 44.1 Å². The molecule has 3 atom stereocenters. The first-order valence-electron chi connectivity index (χ1n) is 11.8. The molecule has 2 aromatic heterocycles. The van der Waals surface area contributed by atoms with Crippen LogP contribution in [0, 0.1) is 0 Å². The maximum Gasteiger partial charge on any atom is 0.417 e. The Morgan fingerprint density at radius 3 is 2.56 bits per heavy atom. The number of hydrogen-bond donors (Lipinski definition) is 2. The molecule has 3 aliphatic heterocycles. The van der Waals surface area contributed by atoms with Crippen LogP contribution in [0.1, 0.15) is 47.4 Å². The summed E-state index contributed by atoms with van der Waals surface area (Å²) in [5.41, 5.74) is 5.44. The minimum Gasteiger partial charge on any atom is -0.474 e. The molecule has 0 spiro atoms. The number of nitrogens with one attached hydrogen (secondary N) is 1. The SMILES string of the molecule is NC(=O)c1cc(CN2CCNC(=O)C2)nc(N2[C@@H]3CC[C@H]2CC(Oc2ccc(C(F)(F)F)cn2)C3)n1. The molecule has 5 rings (SSSR count). The highest BCUT2D eigenvalue weighted by atomic mass is 19.4. The summed E-state index contributed by atoms with van der Waals surface area (Å²) in [6.07, 6.45) is -0.915. The molecule has 13 heteroatoms. The Balaban J connectivity index is 1.31. The van der Waals surface area contributed by atoms with Gasteiger partial charge in [0.15, 0.2) is 0 Å². The minimum absolute atomic E-state index is 0.0416. The fourth-order valence-electron chi connectivity index (χ4n) is 5.20. The van der Waals surface area contributed by atoms with Crippen LogP contribution in [0.15, 0.2) is 24.4 Å². The lowest BCUT2D eigenvalue weighted by Gasteiger charge is -2.39. The van der Waals surface area contributed by atoms with Crippen molar-refractivity contribution in [2.24, 2.45) is 5.73 Å². The van der Waals surface area contributed by atoms with Crippen molar-refractivity contribution in [3.63, 3.8) is 0 Å². The van der Waals surface area contributed by atoms with E-state index in [2.05, 4.69) is 20.2 Å². The Kier molecular flexibility index (Phi) is 6.41. The van der Waals surface area contributed by atoms with Gasteiger partial charge in [0.25, 0.3) is 5.91 Å². The van der Waals surface area contributed by atoms with Gasteiger partial charge in [0.2, 0.25) is 17.7 Å². The van der Waals surface area contributed by atoms with Crippen molar-refractivity contribution in [2.45, 2.75) is 56.6 Å². The van der Waals surface area contributed by atoms with E-state index in [1.165, 1.54) is 6.07 Å². The van der Waals surface area contributed by atoms with Crippen LogP contribution in [-0.4, -0.2) is 69.5 Å². The van der Waals surface area contributed by atoms with Crippen LogP contribution in [0.3, 0.4) is 0 Å². The maximum absolute atomic E-state index is 12.8. The van der Waals surface area contributed by atoms with Gasteiger partial charge in [0, 0.05) is 56.8 Å². The van der Waals surface area contributed by atoms with Crippen molar-refractivity contribution >= 4 is 17.8 Å². The number of piperazine rings is 1. The van der Waals surface area contributed by atoms with Crippen LogP contribution >= 0.6 is 0 Å². The topological polar surface area (TPSA) is 127 Å². The molecular weight excluding hydrogens is 479 g/mol. The molecule has 192 valence electrons. The molecule has 0 aliphatic carbocycles. The van der Waals surface area contributed by atoms with Crippen molar-refractivity contribution < 1.29 is 27.5 Å². The molecule has 1 unspecified atom stereocenters. The standard InChI is InChI=1S/C23H26F3N7O3/c24-23(25,26)13-1-4-20(29-10-13)36-17-8-15-2-3-16(9-17)33(15)22-30-14(7-18(31-22)21(27)35)11-32-6-5-28-19(34)12-32/h1,4,7,10,15-17H,2-3,5-6,8-9,11-12H2,(H2,27,35)(H,28,34)/t15-,16+,17?. The van der Waals surface area contributed by atoms with Crippen LogP contribution in [0.4, 0.5) is 19.1 Å². The number of anilines is 1. The number of hydrogen-bond acceptors (Lipinski definition) is 8. The molecule has 2 aromatic rings. The van der Waals surface area contributed by atoms with Crippen molar-refractivity contribution in [1.82, 2.24) is 25.2 Å². The molecule has 0 radical (unpaired) electrons. The first-order valence-corrected chi connectivity index (χ1v) is 11.8. The molecule has 36 heavy (non-hydrogen) atoms. The number of nitrogens with two attached hydrogens (primary N) is 1. The molecular formula is C23H26F3N7O3. The highest BCUT2D eigenvalue weighted by Gasteiger charge is 2.43. The fourth-order valence-corrected chi connectivity index (χ4v) is 5.20. The quantitative estimate of drug-likeness (QED) is 0.605. The van der Waals surface area contributed by atoms with Crippen LogP contribution in [0.2, 0.25) is 0 Å². The molecule has 5 heterocycles. The lowest BCUT2D eigenvalue weighted by Crippen LogP contribution is -2.48. The van der Waals surface area contributed by atoms with Gasteiger partial charge in [-0.05, 0) is 25.0 Å². The number of primary amides is 1. The smallest absolute Gasteiger partial charge is 0.417 e. The number of amides is 2. The summed E-state index contributed by atoms with van der Waals surface area (Å²) in [7, 11) is 0. The summed E-state index contributed by atoms with van der Waals surface area (Å²) >= 11 is 0. The number of aromatic nitrogens is 3. The molecule has 3 N–H and O–H groups in total. The van der Waals surface area contributed by atoms with Gasteiger partial charge >= 0.3 is 6.18 Å². The van der Waals surface area contributed by atoms with Crippen molar-refractivity contribution in [3.8, 4) is 5.88 Å². The second kappa shape index (κ2) is 9.52. The molecule has 2 bridgehead atoms. The van der Waals surface area contributed by atoms with Crippen LogP contribution < -0.4 is 20.7 Å². The number of halogens is 3. The van der Waals surface area contributed by atoms with Crippen LogP contribution in [0.5, 0.6) is 5.88 Å². The lowest BCUT2D eigenvalue weighted by atomic mass is 10.00. The van der Waals surface area contributed by atoms with E-state index in [4.69, 9.17) is 15.5 Å². The second-order valence-electron chi connectivity index (χ2n) is 9.36. The number of carbonyl (C=O) groups excluding carboxylic acids is 2. The summed E-state index contributed by atoms with van der Waals surface area (Å²) in [6.45, 7) is 1.85. The first kappa shape index (κ1) is 24.2. The fraction of sp³-hybridized carbons (Fsp3) is 0.522. The highest BCUT2D eigenvalue weighted by Crippen LogP contribution is 2.39. The Hall–Kier alpha value is -3.48. The minimum atomic E-state index is -4.45. The van der Waals surface area contributed by atoms with Gasteiger partial charge in [0.1, 0.15) is 11.8 Å². The summed E-state index contributed by atoms with van der Waals surface area (Å²) in [6, 6.07) is 3.85. The van der Waals surface area contributed by atoms with E-state index in [1.807, 2.05) is 4.90 Å². The zero-order valence-electron chi connectivity index (χ0n) is 19.4. The normalized spacial score (nSPS) is 24.5. The predicted molar refractivity (Wildman–Crippen MR) is 121 cm³/mol. The number of fused-ring (bicyclic) bond motifs is 2. The second-order valence-corrected chi connectivity index (χ2v) is 9.36. The highest BCUT2D eigenvalue weighted by molar-refractivity contribution is 5.91. The lowest BCUT2D eigenvalue weighted by molar-refractivity contribution is -0.137. The number of alkyl halides is 3. The monoisotopic (exact) mass is 505 g/mol. The van der Waals surface area contributed by atoms with E-state index in [1.54, 1.807) is 6.07 Å². The van der Waals surface area contributed by atoms with Crippen molar-refractivity contribution in [2.75, 3.05) is 24.5 Å². The van der Waals surface area contributed by atoms with E-state index < -0.39 is 17.6 Å². The van der Waals surface area contributed by atoms with Gasteiger partial charge in [-0.3, -0.25) is 14.5 Å². The van der Waals surface area contributed by atoms with Crippen LogP contribution in [-0.2, 0) is 17.5 Å². The molecule has 3 aliphatic rings. The third kappa shape index (κ3) is 5.20. The maximum atomic E-state index is 12.8. The first-order chi connectivity index (χ1) is 17.2. The summed E-state index contributed by atoms with van der Waals surface area (Å²) in [5, 5.41) is 2.78. The van der Waals surface area contributed by atoms with Crippen LogP contribution in [0.25, 0.3) is 0 Å². The predicted octanol–water partition coefficient (Wildman–Crippen LogP) is 1.50. The number of nitrogens with zero attached hydrogens (tertiary/aromatic N) is 5. The van der Waals surface area contributed by atoms with E-state index in [0.717, 1.165) is 25.1 Å². The number of piperidine rings is 1. The number of carbonyl (C=O) groups is 2. The van der Waals surface area contributed by atoms with Gasteiger partial charge in [-0.25, -0.2) is 15.0 Å². The van der Waals surface area contributed by atoms with Gasteiger partial charge in [-0.2, -0.15) is 13.2 Å². The van der Waals surface area contributed by atoms with E-state index in [9.17, 15) is 22.8 Å². The Morgan fingerprint density at radius 1 is 1.19 bits per heavy atom. The average Bonchev–Trinajstić information content (AvgIpc) is 3.09. The number of rotatable bonds is 6. The molecule has 0 aromatic carbocycles. The molecule has 3 fully saturated rings. The van der Waals surface area contributed by atoms with Gasteiger partial charge in [-0.1, -0.05) is 0 Å². The van der Waals surface area contributed by atoms with E-state index >= 15 is 0 Å². The summed E-state index contributed by atoms with van der Waals surface area (Å²) < 4.78 is 44.3.